The first-order chi connectivity index (χ1) is 23.9. The predicted octanol–water partition coefficient (Wildman–Crippen LogP) is 6.88. The average molecular weight is 674 g/mol. The molecule has 0 radical (unpaired) electrons. The zero-order valence-corrected chi connectivity index (χ0v) is 31.0. The molecule has 0 saturated heterocycles. The van der Waals surface area contributed by atoms with Gasteiger partial charge in [0.25, 0.3) is 5.82 Å². The number of hydrogen-bond donors (Lipinski definition) is 1. The molecule has 0 aliphatic heterocycles. The number of benzene rings is 3. The van der Waals surface area contributed by atoms with Crippen molar-refractivity contribution in [2.75, 3.05) is 5.32 Å². The zero-order chi connectivity index (χ0) is 36.1. The second kappa shape index (κ2) is 15.3. The van der Waals surface area contributed by atoms with Gasteiger partial charge in [0, 0.05) is 16.5 Å². The summed E-state index contributed by atoms with van der Waals surface area (Å²) in [5.41, 5.74) is 5.66. The van der Waals surface area contributed by atoms with Crippen molar-refractivity contribution in [1.29, 1.82) is 0 Å². The van der Waals surface area contributed by atoms with Crippen LogP contribution in [0, 0.1) is 0 Å². The molecule has 2 heterocycles. The van der Waals surface area contributed by atoms with E-state index in [-0.39, 0.29) is 22.6 Å². The highest BCUT2D eigenvalue weighted by Crippen LogP contribution is 2.36. The van der Waals surface area contributed by atoms with E-state index in [1.165, 1.54) is 16.7 Å². The Morgan fingerprint density at radius 3 is 1.54 bits per heavy atom. The van der Waals surface area contributed by atoms with Crippen molar-refractivity contribution in [3.05, 3.63) is 131 Å². The molecule has 2 aromatic heterocycles. The minimum absolute atomic E-state index is 0.112. The van der Waals surface area contributed by atoms with Crippen LogP contribution in [0.5, 0.6) is 0 Å². The number of unbranched alkanes of at least 4 members (excludes halogenated alkanes) is 2. The molecular weight excluding hydrogens is 621 g/mol. The quantitative estimate of drug-likeness (QED) is 0.0792. The molecule has 1 N–H and O–H groups in total. The van der Waals surface area contributed by atoms with Gasteiger partial charge < -0.3 is 10.4 Å². The molecule has 8 heteroatoms. The Morgan fingerprint density at radius 1 is 0.680 bits per heavy atom. The minimum atomic E-state index is -0.251. The Kier molecular flexibility index (Phi) is 11.1. The van der Waals surface area contributed by atoms with Gasteiger partial charge in [0.2, 0.25) is 0 Å². The molecule has 3 aromatic carbocycles. The van der Waals surface area contributed by atoms with E-state index in [4.69, 9.17) is 0 Å². The van der Waals surface area contributed by atoms with Gasteiger partial charge in [-0.05, 0) is 59.4 Å². The van der Waals surface area contributed by atoms with E-state index in [9.17, 15) is 9.90 Å². The van der Waals surface area contributed by atoms with Crippen LogP contribution in [0.2, 0.25) is 0 Å². The van der Waals surface area contributed by atoms with Gasteiger partial charge in [-0.1, -0.05) is 103 Å². The summed E-state index contributed by atoms with van der Waals surface area (Å²) in [6, 6.07) is 25.0. The second-order valence-corrected chi connectivity index (χ2v) is 14.4. The molecule has 0 unspecified atom stereocenters. The maximum Gasteiger partial charge on any atom is 0.348 e. The predicted molar refractivity (Wildman–Crippen MR) is 199 cm³/mol. The largest absolute Gasteiger partial charge is 0.853 e. The third kappa shape index (κ3) is 7.75. The highest BCUT2D eigenvalue weighted by molar-refractivity contribution is 6.00. The first kappa shape index (κ1) is 36.3. The molecule has 0 saturated carbocycles. The number of nitrogens with zero attached hydrogens (tertiary/aromatic N) is 5. The minimum Gasteiger partial charge on any atom is -0.853 e. The van der Waals surface area contributed by atoms with E-state index in [2.05, 4.69) is 100 Å². The lowest BCUT2D eigenvalue weighted by atomic mass is 9.74. The summed E-state index contributed by atoms with van der Waals surface area (Å²) < 4.78 is 7.72. The molecule has 0 spiro atoms. The SMILES string of the molecule is CCCCn1cc[n+](C)c1C(=O)Nc1ccc(C(C)(C)c2ccc(C(C)(C)c3ccc(N=C([O-])c4n(CCCC)cc[n+]4C)cc3)cc2)cc1. The Balaban J connectivity index is 1.27. The lowest BCUT2D eigenvalue weighted by Gasteiger charge is -2.29. The highest BCUT2D eigenvalue weighted by atomic mass is 16.3. The third-order valence-corrected chi connectivity index (χ3v) is 10.1. The van der Waals surface area contributed by atoms with E-state index >= 15 is 0 Å². The summed E-state index contributed by atoms with van der Waals surface area (Å²) in [7, 11) is 3.79. The highest BCUT2D eigenvalue weighted by Gasteiger charge is 2.28. The Morgan fingerprint density at radius 2 is 1.08 bits per heavy atom. The lowest BCUT2D eigenvalue weighted by Crippen LogP contribution is -2.40. The topological polar surface area (TPSA) is 82.1 Å². The van der Waals surface area contributed by atoms with Crippen LogP contribution in [0.25, 0.3) is 0 Å². The van der Waals surface area contributed by atoms with E-state index in [0.29, 0.717) is 17.3 Å². The lowest BCUT2D eigenvalue weighted by molar-refractivity contribution is -0.674. The summed E-state index contributed by atoms with van der Waals surface area (Å²) in [6.07, 6.45) is 11.9. The summed E-state index contributed by atoms with van der Waals surface area (Å²) >= 11 is 0. The number of rotatable bonds is 14. The van der Waals surface area contributed by atoms with Crippen LogP contribution in [-0.2, 0) is 38.0 Å². The number of aryl methyl sites for hydroxylation is 4. The Hall–Kier alpha value is -4.98. The van der Waals surface area contributed by atoms with Crippen LogP contribution in [0.15, 0.2) is 103 Å². The van der Waals surface area contributed by atoms with Gasteiger partial charge in [-0.15, -0.1) is 0 Å². The number of amides is 1. The molecule has 0 aliphatic rings. The summed E-state index contributed by atoms with van der Waals surface area (Å²) in [4.78, 5) is 17.6. The molecule has 5 rings (SSSR count). The first-order valence-corrected chi connectivity index (χ1v) is 17.9. The summed E-state index contributed by atoms with van der Waals surface area (Å²) in [6.45, 7) is 14.8. The van der Waals surface area contributed by atoms with E-state index in [0.717, 1.165) is 50.0 Å². The van der Waals surface area contributed by atoms with Gasteiger partial charge in [-0.3, -0.25) is 9.79 Å². The number of carbonyl (C=O) groups is 1. The van der Waals surface area contributed by atoms with Crippen molar-refractivity contribution in [2.45, 2.75) is 91.1 Å². The summed E-state index contributed by atoms with van der Waals surface area (Å²) in [5, 5.41) is 16.2. The van der Waals surface area contributed by atoms with Gasteiger partial charge in [0.05, 0.1) is 38.8 Å². The number of hydrogen-bond acceptors (Lipinski definition) is 3. The van der Waals surface area contributed by atoms with Crippen molar-refractivity contribution in [3.63, 3.8) is 0 Å². The number of anilines is 1. The fraction of sp³-hybridized carbons (Fsp3) is 0.381. The third-order valence-electron chi connectivity index (χ3n) is 10.1. The van der Waals surface area contributed by atoms with Crippen LogP contribution in [-0.4, -0.2) is 20.9 Å². The van der Waals surface area contributed by atoms with Gasteiger partial charge in [-0.2, -0.15) is 0 Å². The maximum absolute atomic E-state index is 13.2. The maximum atomic E-state index is 13.2. The summed E-state index contributed by atoms with van der Waals surface area (Å²) in [5.74, 6) is 0.886. The van der Waals surface area contributed by atoms with Crippen molar-refractivity contribution in [3.8, 4) is 0 Å². The number of aromatic nitrogens is 4. The van der Waals surface area contributed by atoms with Gasteiger partial charge in [0.15, 0.2) is 0 Å². The molecule has 0 bridgehead atoms. The van der Waals surface area contributed by atoms with Crippen molar-refractivity contribution in [1.82, 2.24) is 9.13 Å². The van der Waals surface area contributed by atoms with E-state index < -0.39 is 0 Å². The molecule has 50 heavy (non-hydrogen) atoms. The van der Waals surface area contributed by atoms with Crippen molar-refractivity contribution in [2.24, 2.45) is 19.1 Å². The van der Waals surface area contributed by atoms with Crippen molar-refractivity contribution < 1.29 is 19.0 Å². The number of imidazole rings is 2. The molecule has 0 atom stereocenters. The fourth-order valence-corrected chi connectivity index (χ4v) is 6.54. The van der Waals surface area contributed by atoms with Crippen LogP contribution in [0.4, 0.5) is 11.4 Å². The standard InChI is InChI=1S/C42H52N6O2/c1-9-11-25-47-29-27-45(7)39(47)37(49)43-35-21-17-33(18-22-35)41(3,4)31-13-15-32(16-14-31)42(5,6)34-19-23-36(24-20-34)44-38(50)40-46(8)28-30-48(40)26-12-10-2/h13-24,27-30H,9-12,25-26H2,1-8H3/p+1. The van der Waals surface area contributed by atoms with Crippen molar-refractivity contribution >= 4 is 23.2 Å². The molecule has 262 valence electrons. The molecule has 0 aliphatic carbocycles. The molecular formula is C42H53N6O2+. The van der Waals surface area contributed by atoms with Gasteiger partial charge in [-0.25, -0.2) is 18.3 Å². The van der Waals surface area contributed by atoms with Gasteiger partial charge >= 0.3 is 11.7 Å². The first-order valence-electron chi connectivity index (χ1n) is 17.9. The number of nitrogens with one attached hydrogen (secondary N) is 1. The Bertz CT molecular complexity index is 1930. The van der Waals surface area contributed by atoms with Gasteiger partial charge in [0.1, 0.15) is 24.8 Å². The smallest absolute Gasteiger partial charge is 0.348 e. The van der Waals surface area contributed by atoms with Crippen LogP contribution in [0.3, 0.4) is 0 Å². The molecule has 8 nitrogen and oxygen atoms in total. The van der Waals surface area contributed by atoms with Crippen LogP contribution < -0.4 is 19.6 Å². The van der Waals surface area contributed by atoms with E-state index in [1.54, 1.807) is 0 Å². The molecule has 1 amide bonds. The normalized spacial score (nSPS) is 12.4. The molecule has 5 aromatic rings. The van der Waals surface area contributed by atoms with Crippen LogP contribution in [0.1, 0.15) is 106 Å². The molecule has 0 fully saturated rings. The number of carbonyl (C=O) groups excluding carboxylic acids is 1. The number of aliphatic imine (C=N–C) groups is 1. The fourth-order valence-electron chi connectivity index (χ4n) is 6.54. The average Bonchev–Trinajstić information content (AvgIpc) is 3.67. The van der Waals surface area contributed by atoms with Crippen LogP contribution >= 0.6 is 0 Å². The van der Waals surface area contributed by atoms with E-state index in [1.807, 2.05) is 81.4 Å². The zero-order valence-electron chi connectivity index (χ0n) is 31.0. The second-order valence-electron chi connectivity index (χ2n) is 14.4. The monoisotopic (exact) mass is 673 g/mol. The Labute approximate surface area is 297 Å².